The summed E-state index contributed by atoms with van der Waals surface area (Å²) in [6.07, 6.45) is 6.49. The van der Waals surface area contributed by atoms with Crippen molar-refractivity contribution in [3.8, 4) is 0 Å². The molecule has 1 atom stereocenters. The molecule has 3 heterocycles. The number of nitrogens with zero attached hydrogens (tertiary/aromatic N) is 5. The van der Waals surface area contributed by atoms with Crippen LogP contribution in [0.1, 0.15) is 36.4 Å². The maximum absolute atomic E-state index is 12.0. The van der Waals surface area contributed by atoms with Crippen molar-refractivity contribution in [2.45, 2.75) is 31.8 Å². The third kappa shape index (κ3) is 5.62. The first kappa shape index (κ1) is 23.3. The van der Waals surface area contributed by atoms with Crippen LogP contribution in [-0.2, 0) is 16.1 Å². The van der Waals surface area contributed by atoms with E-state index in [0.717, 1.165) is 37.7 Å². The fourth-order valence-corrected chi connectivity index (χ4v) is 4.77. The number of amides is 2. The Kier molecular flexibility index (Phi) is 6.94. The van der Waals surface area contributed by atoms with Crippen molar-refractivity contribution in [3.05, 3.63) is 60.3 Å². The molecule has 9 heteroatoms. The molecule has 2 amide bonds. The molecule has 0 spiro atoms. The fourth-order valence-electron chi connectivity index (χ4n) is 4.77. The number of rotatable bonds is 9. The molecule has 1 N–H and O–H groups in total. The summed E-state index contributed by atoms with van der Waals surface area (Å²) >= 11 is 0. The highest BCUT2D eigenvalue weighted by atomic mass is 16.6. The van der Waals surface area contributed by atoms with Gasteiger partial charge in [-0.05, 0) is 35.6 Å². The van der Waals surface area contributed by atoms with E-state index >= 15 is 0 Å². The van der Waals surface area contributed by atoms with Gasteiger partial charge in [-0.3, -0.25) is 14.6 Å². The summed E-state index contributed by atoms with van der Waals surface area (Å²) in [7, 11) is 0. The second kappa shape index (κ2) is 10.4. The quantitative estimate of drug-likeness (QED) is 0.556. The van der Waals surface area contributed by atoms with Crippen molar-refractivity contribution < 1.29 is 14.3 Å². The monoisotopic (exact) mass is 476 g/mol. The zero-order chi connectivity index (χ0) is 24.2. The molecule has 2 aliphatic heterocycles. The third-order valence-corrected chi connectivity index (χ3v) is 6.99. The van der Waals surface area contributed by atoms with Gasteiger partial charge in [0, 0.05) is 45.0 Å². The molecule has 3 aliphatic rings. The van der Waals surface area contributed by atoms with Gasteiger partial charge in [-0.2, -0.15) is 4.98 Å². The third-order valence-electron chi connectivity index (χ3n) is 6.99. The Balaban J connectivity index is 1.20. The zero-order valence-electron chi connectivity index (χ0n) is 19.9. The van der Waals surface area contributed by atoms with Crippen LogP contribution in [0.2, 0.25) is 0 Å². The lowest BCUT2D eigenvalue weighted by Crippen LogP contribution is -2.49. The molecule has 9 nitrogen and oxygen atoms in total. The van der Waals surface area contributed by atoms with Gasteiger partial charge >= 0.3 is 6.09 Å². The van der Waals surface area contributed by atoms with E-state index in [4.69, 9.17) is 4.74 Å². The molecule has 184 valence electrons. The Hall–Kier alpha value is -3.46. The highest BCUT2D eigenvalue weighted by molar-refractivity contribution is 5.88. The molecule has 1 aromatic carbocycles. The first-order chi connectivity index (χ1) is 17.1. The molecule has 0 bridgehead atoms. The highest BCUT2D eigenvalue weighted by Crippen LogP contribution is 2.40. The van der Waals surface area contributed by atoms with E-state index in [1.807, 2.05) is 4.90 Å². The van der Waals surface area contributed by atoms with E-state index in [1.165, 1.54) is 35.8 Å². The van der Waals surface area contributed by atoms with Gasteiger partial charge < -0.3 is 15.0 Å². The van der Waals surface area contributed by atoms with E-state index in [2.05, 4.69) is 51.0 Å². The lowest BCUT2D eigenvalue weighted by molar-refractivity contribution is -0.128. The maximum atomic E-state index is 12.0. The summed E-state index contributed by atoms with van der Waals surface area (Å²) in [6.45, 7) is 8.36. The number of carbonyl (C=O) groups excluding carboxylic acids is 2. The number of piperazine rings is 1. The minimum absolute atomic E-state index is 0.0233. The number of hydrogen-bond donors (Lipinski definition) is 1. The topological polar surface area (TPSA) is 90.9 Å². The van der Waals surface area contributed by atoms with Gasteiger partial charge in [-0.1, -0.05) is 43.7 Å². The van der Waals surface area contributed by atoms with E-state index in [1.54, 1.807) is 12.3 Å². The Bertz CT molecular complexity index is 1060. The summed E-state index contributed by atoms with van der Waals surface area (Å²) in [4.78, 5) is 38.4. The predicted molar refractivity (Wildman–Crippen MR) is 133 cm³/mol. The lowest BCUT2D eigenvalue weighted by Gasteiger charge is -2.39. The summed E-state index contributed by atoms with van der Waals surface area (Å²) in [6, 6.07) is 10.8. The Labute approximate surface area is 205 Å². The van der Waals surface area contributed by atoms with Crippen LogP contribution in [0.15, 0.2) is 49.2 Å². The van der Waals surface area contributed by atoms with Gasteiger partial charge in [-0.25, -0.2) is 9.78 Å². The average Bonchev–Trinajstić information content (AvgIpc) is 3.63. The molecule has 1 unspecified atom stereocenters. The molecule has 35 heavy (non-hydrogen) atoms. The van der Waals surface area contributed by atoms with Gasteiger partial charge in [0.2, 0.25) is 11.9 Å². The van der Waals surface area contributed by atoms with Crippen molar-refractivity contribution in [2.24, 2.45) is 5.92 Å². The predicted octanol–water partition coefficient (Wildman–Crippen LogP) is 3.22. The number of ether oxygens (including phenoxy) is 1. The number of hydrogen-bond acceptors (Lipinski definition) is 7. The van der Waals surface area contributed by atoms with E-state index in [9.17, 15) is 9.59 Å². The molecule has 0 radical (unpaired) electrons. The minimum Gasteiger partial charge on any atom is -0.447 e. The maximum Gasteiger partial charge on any atom is 0.415 e. The molecule has 1 aromatic heterocycles. The second-order valence-corrected chi connectivity index (χ2v) is 9.36. The average molecular weight is 477 g/mol. The van der Waals surface area contributed by atoms with Crippen LogP contribution >= 0.6 is 0 Å². The van der Waals surface area contributed by atoms with Gasteiger partial charge in [0.25, 0.3) is 0 Å². The molecule has 5 rings (SSSR count). The molecular formula is C26H32N6O3. The number of carbonyl (C=O) groups is 2. The first-order valence-corrected chi connectivity index (χ1v) is 12.4. The van der Waals surface area contributed by atoms with Crippen LogP contribution in [0, 0.1) is 5.92 Å². The van der Waals surface area contributed by atoms with Gasteiger partial charge in [0.1, 0.15) is 12.4 Å². The molecule has 2 aromatic rings. The summed E-state index contributed by atoms with van der Waals surface area (Å²) in [5.74, 6) is 1.85. The Morgan fingerprint density at radius 3 is 2.57 bits per heavy atom. The van der Waals surface area contributed by atoms with Crippen molar-refractivity contribution >= 4 is 23.8 Å². The Morgan fingerprint density at radius 2 is 1.91 bits per heavy atom. The van der Waals surface area contributed by atoms with Gasteiger partial charge in [-0.15, -0.1) is 0 Å². The Morgan fingerprint density at radius 1 is 1.14 bits per heavy atom. The SMILES string of the molecule is C=CC(=O)N1CCN(C(CC2CC2)c2ccc(CNc3nccc(N4CCOC4=O)n3)cc2)CC1. The zero-order valence-corrected chi connectivity index (χ0v) is 19.9. The first-order valence-electron chi connectivity index (χ1n) is 12.4. The van der Waals surface area contributed by atoms with E-state index < -0.39 is 0 Å². The molecular weight excluding hydrogens is 444 g/mol. The second-order valence-electron chi connectivity index (χ2n) is 9.36. The fraction of sp³-hybridized carbons (Fsp3) is 0.462. The standard InChI is InChI=1S/C26H32N6O3/c1-2-24(33)31-13-11-30(12-14-31)22(17-19-3-4-19)21-7-5-20(6-8-21)18-28-25-27-10-9-23(29-25)32-15-16-35-26(32)34/h2,5-10,19,22H,1,3-4,11-18H2,(H,27,28,29). The van der Waals surface area contributed by atoms with E-state index in [0.29, 0.717) is 37.5 Å². The highest BCUT2D eigenvalue weighted by Gasteiger charge is 2.32. The number of anilines is 2. The van der Waals surface area contributed by atoms with Crippen LogP contribution in [0.25, 0.3) is 0 Å². The normalized spacial score (nSPS) is 19.4. The minimum atomic E-state index is -0.375. The molecule has 3 fully saturated rings. The van der Waals surface area contributed by atoms with Gasteiger partial charge in [0.15, 0.2) is 0 Å². The van der Waals surface area contributed by atoms with Crippen molar-refractivity contribution in [1.82, 2.24) is 19.8 Å². The van der Waals surface area contributed by atoms with Crippen molar-refractivity contribution in [3.63, 3.8) is 0 Å². The summed E-state index contributed by atoms with van der Waals surface area (Å²) in [5.41, 5.74) is 2.46. The summed E-state index contributed by atoms with van der Waals surface area (Å²) < 4.78 is 4.99. The van der Waals surface area contributed by atoms with Crippen LogP contribution in [0.5, 0.6) is 0 Å². The number of nitrogens with one attached hydrogen (secondary N) is 1. The molecule has 1 aliphatic carbocycles. The lowest BCUT2D eigenvalue weighted by atomic mass is 9.97. The van der Waals surface area contributed by atoms with Crippen LogP contribution in [0.3, 0.4) is 0 Å². The molecule has 2 saturated heterocycles. The van der Waals surface area contributed by atoms with Gasteiger partial charge in [0.05, 0.1) is 6.54 Å². The van der Waals surface area contributed by atoms with Crippen molar-refractivity contribution in [2.75, 3.05) is 49.5 Å². The largest absolute Gasteiger partial charge is 0.447 e. The van der Waals surface area contributed by atoms with Crippen LogP contribution < -0.4 is 10.2 Å². The van der Waals surface area contributed by atoms with Crippen molar-refractivity contribution in [1.29, 1.82) is 0 Å². The van der Waals surface area contributed by atoms with E-state index in [-0.39, 0.29) is 12.0 Å². The molecule has 1 saturated carbocycles. The summed E-state index contributed by atoms with van der Waals surface area (Å²) in [5, 5.41) is 3.26. The smallest absolute Gasteiger partial charge is 0.415 e. The van der Waals surface area contributed by atoms with Crippen LogP contribution in [0.4, 0.5) is 16.6 Å². The van der Waals surface area contributed by atoms with Crippen LogP contribution in [-0.4, -0.2) is 71.1 Å². The number of benzene rings is 1. The number of aromatic nitrogens is 2. The number of cyclic esters (lactones) is 1.